The normalized spacial score (nSPS) is 12.0. The zero-order valence-electron chi connectivity index (χ0n) is 11.9. The first-order valence-electron chi connectivity index (χ1n) is 6.59. The highest BCUT2D eigenvalue weighted by atomic mass is 35.5. The molecule has 1 heterocycles. The Hall–Kier alpha value is -2.12. The van der Waals surface area contributed by atoms with Crippen LogP contribution in [0.5, 0.6) is 0 Å². The number of hydrogen-bond donors (Lipinski definition) is 3. The van der Waals surface area contributed by atoms with E-state index in [1.807, 2.05) is 0 Å². The monoisotopic (exact) mass is 326 g/mol. The molecule has 3 N–H and O–H groups in total. The topological polar surface area (TPSA) is 79.2 Å². The second kappa shape index (κ2) is 7.24. The quantitative estimate of drug-likeness (QED) is 0.783. The molecule has 0 radical (unpaired) electrons. The molecule has 1 aromatic heterocycles. The number of hydrogen-bond acceptors (Lipinski definition) is 3. The largest absolute Gasteiger partial charge is 0.387 e. The minimum absolute atomic E-state index is 0.0159. The van der Waals surface area contributed by atoms with Gasteiger partial charge in [-0.05, 0) is 23.8 Å². The fraction of sp³-hybridized carbons (Fsp3) is 0.286. The molecule has 2 rings (SSSR count). The number of benzene rings is 1. The van der Waals surface area contributed by atoms with E-state index in [2.05, 4.69) is 15.7 Å². The van der Waals surface area contributed by atoms with Gasteiger partial charge < -0.3 is 15.7 Å². The fourth-order valence-electron chi connectivity index (χ4n) is 1.83. The Morgan fingerprint density at radius 2 is 2.23 bits per heavy atom. The van der Waals surface area contributed by atoms with Gasteiger partial charge in [-0.2, -0.15) is 5.10 Å². The molecule has 2 amide bonds. The number of aliphatic hydroxyl groups excluding tert-OH is 1. The molecule has 6 nitrogen and oxygen atoms in total. The molecular formula is C14H16ClFN4O2. The van der Waals surface area contributed by atoms with Crippen LogP contribution in [0.1, 0.15) is 17.4 Å². The van der Waals surface area contributed by atoms with E-state index in [1.54, 1.807) is 24.0 Å². The van der Waals surface area contributed by atoms with Crippen LogP contribution in [-0.4, -0.2) is 27.5 Å². The van der Waals surface area contributed by atoms with E-state index >= 15 is 0 Å². The molecule has 0 saturated carbocycles. The SMILES string of the molecule is Cn1nccc1CNC(=O)NC[C@H](O)c1ccc(Cl)c(F)c1. The summed E-state index contributed by atoms with van der Waals surface area (Å²) in [6, 6.07) is 5.35. The van der Waals surface area contributed by atoms with Gasteiger partial charge in [0, 0.05) is 19.8 Å². The lowest BCUT2D eigenvalue weighted by atomic mass is 10.1. The van der Waals surface area contributed by atoms with Crippen LogP contribution in [0.3, 0.4) is 0 Å². The Bertz CT molecular complexity index is 662. The summed E-state index contributed by atoms with van der Waals surface area (Å²) in [5.74, 6) is -0.612. The van der Waals surface area contributed by atoms with Gasteiger partial charge in [0.25, 0.3) is 0 Å². The molecule has 8 heteroatoms. The van der Waals surface area contributed by atoms with Crippen LogP contribution in [-0.2, 0) is 13.6 Å². The summed E-state index contributed by atoms with van der Waals surface area (Å²) in [7, 11) is 1.77. The number of aryl methyl sites for hydroxylation is 1. The van der Waals surface area contributed by atoms with Gasteiger partial charge in [0.1, 0.15) is 5.82 Å². The summed E-state index contributed by atoms with van der Waals surface area (Å²) in [5, 5.41) is 19.0. The first kappa shape index (κ1) is 16.3. The maximum atomic E-state index is 13.3. The number of carbonyl (C=O) groups is 1. The van der Waals surface area contributed by atoms with Gasteiger partial charge in [-0.15, -0.1) is 0 Å². The van der Waals surface area contributed by atoms with Crippen LogP contribution in [0.25, 0.3) is 0 Å². The predicted molar refractivity (Wildman–Crippen MR) is 79.8 cm³/mol. The second-order valence-corrected chi connectivity index (χ2v) is 5.11. The Labute approximate surface area is 131 Å². The molecule has 0 bridgehead atoms. The molecule has 2 aromatic rings. The summed E-state index contributed by atoms with van der Waals surface area (Å²) in [6.07, 6.45) is 0.613. The molecule has 0 saturated heterocycles. The third-order valence-corrected chi connectivity index (χ3v) is 3.44. The number of urea groups is 1. The van der Waals surface area contributed by atoms with Crippen molar-refractivity contribution in [3.8, 4) is 0 Å². The van der Waals surface area contributed by atoms with E-state index in [0.717, 1.165) is 11.8 Å². The number of halogens is 2. The van der Waals surface area contributed by atoms with Gasteiger partial charge in [0.2, 0.25) is 0 Å². The van der Waals surface area contributed by atoms with Crippen molar-refractivity contribution in [1.82, 2.24) is 20.4 Å². The summed E-state index contributed by atoms with van der Waals surface area (Å²) in [6.45, 7) is 0.270. The van der Waals surface area contributed by atoms with Crippen LogP contribution in [0, 0.1) is 5.82 Å². The number of carbonyl (C=O) groups excluding carboxylic acids is 1. The Morgan fingerprint density at radius 1 is 1.45 bits per heavy atom. The minimum Gasteiger partial charge on any atom is -0.387 e. The third kappa shape index (κ3) is 4.19. The minimum atomic E-state index is -1.02. The summed E-state index contributed by atoms with van der Waals surface area (Å²) in [4.78, 5) is 11.6. The van der Waals surface area contributed by atoms with Crippen molar-refractivity contribution in [2.45, 2.75) is 12.6 Å². The van der Waals surface area contributed by atoms with Crippen molar-refractivity contribution in [2.75, 3.05) is 6.54 Å². The Morgan fingerprint density at radius 3 is 2.86 bits per heavy atom. The zero-order chi connectivity index (χ0) is 16.1. The molecule has 1 aromatic carbocycles. The standard InChI is InChI=1S/C14H16ClFN4O2/c1-20-10(4-5-19-20)7-17-14(22)18-8-13(21)9-2-3-11(15)12(16)6-9/h2-6,13,21H,7-8H2,1H3,(H2,17,18,22)/t13-/m0/s1. The zero-order valence-corrected chi connectivity index (χ0v) is 12.6. The van der Waals surface area contributed by atoms with Crippen LogP contribution in [0.15, 0.2) is 30.5 Å². The van der Waals surface area contributed by atoms with Crippen molar-refractivity contribution in [3.05, 3.63) is 52.6 Å². The maximum absolute atomic E-state index is 13.3. The molecule has 118 valence electrons. The lowest BCUT2D eigenvalue weighted by Gasteiger charge is -2.13. The number of rotatable bonds is 5. The van der Waals surface area contributed by atoms with E-state index in [1.165, 1.54) is 12.1 Å². The highest BCUT2D eigenvalue weighted by Crippen LogP contribution is 2.19. The Kier molecular flexibility index (Phi) is 5.35. The molecule has 1 atom stereocenters. The van der Waals surface area contributed by atoms with E-state index < -0.39 is 18.0 Å². The molecule has 0 aliphatic rings. The van der Waals surface area contributed by atoms with E-state index in [9.17, 15) is 14.3 Å². The number of aromatic nitrogens is 2. The summed E-state index contributed by atoms with van der Waals surface area (Å²) in [5.41, 5.74) is 1.18. The molecule has 0 unspecified atom stereocenters. The van der Waals surface area contributed by atoms with Gasteiger partial charge in [-0.1, -0.05) is 17.7 Å². The van der Waals surface area contributed by atoms with Gasteiger partial charge in [-0.25, -0.2) is 9.18 Å². The summed E-state index contributed by atoms with van der Waals surface area (Å²) >= 11 is 5.57. The predicted octanol–water partition coefficient (Wildman–Crippen LogP) is 1.75. The molecule has 0 aliphatic heterocycles. The van der Waals surface area contributed by atoms with Crippen LogP contribution in [0.2, 0.25) is 5.02 Å². The van der Waals surface area contributed by atoms with Gasteiger partial charge >= 0.3 is 6.03 Å². The first-order valence-corrected chi connectivity index (χ1v) is 6.96. The average Bonchev–Trinajstić information content (AvgIpc) is 2.90. The van der Waals surface area contributed by atoms with Gasteiger partial charge in [-0.3, -0.25) is 4.68 Å². The second-order valence-electron chi connectivity index (χ2n) is 4.70. The van der Waals surface area contributed by atoms with Crippen molar-refractivity contribution < 1.29 is 14.3 Å². The van der Waals surface area contributed by atoms with Gasteiger partial charge in [0.15, 0.2) is 0 Å². The van der Waals surface area contributed by atoms with Crippen molar-refractivity contribution in [2.24, 2.45) is 7.05 Å². The molecule has 0 aliphatic carbocycles. The number of amides is 2. The third-order valence-electron chi connectivity index (χ3n) is 3.14. The fourth-order valence-corrected chi connectivity index (χ4v) is 1.95. The average molecular weight is 327 g/mol. The number of aliphatic hydroxyl groups is 1. The van der Waals surface area contributed by atoms with Crippen molar-refractivity contribution in [1.29, 1.82) is 0 Å². The van der Waals surface area contributed by atoms with Crippen LogP contribution >= 0.6 is 11.6 Å². The molecule has 0 fully saturated rings. The number of nitrogens with zero attached hydrogens (tertiary/aromatic N) is 2. The maximum Gasteiger partial charge on any atom is 0.315 e. The molecule has 0 spiro atoms. The van der Waals surface area contributed by atoms with Crippen molar-refractivity contribution in [3.63, 3.8) is 0 Å². The molecular weight excluding hydrogens is 311 g/mol. The first-order chi connectivity index (χ1) is 10.5. The van der Waals surface area contributed by atoms with E-state index in [0.29, 0.717) is 12.1 Å². The highest BCUT2D eigenvalue weighted by Gasteiger charge is 2.12. The lowest BCUT2D eigenvalue weighted by molar-refractivity contribution is 0.172. The lowest BCUT2D eigenvalue weighted by Crippen LogP contribution is -2.37. The van der Waals surface area contributed by atoms with E-state index in [4.69, 9.17) is 11.6 Å². The number of nitrogens with one attached hydrogen (secondary N) is 2. The van der Waals surface area contributed by atoms with E-state index in [-0.39, 0.29) is 11.6 Å². The highest BCUT2D eigenvalue weighted by molar-refractivity contribution is 6.30. The molecule has 22 heavy (non-hydrogen) atoms. The smallest absolute Gasteiger partial charge is 0.315 e. The van der Waals surface area contributed by atoms with Gasteiger partial charge in [0.05, 0.1) is 23.4 Å². The van der Waals surface area contributed by atoms with Crippen LogP contribution < -0.4 is 10.6 Å². The Balaban J connectivity index is 1.80. The summed E-state index contributed by atoms with van der Waals surface area (Å²) < 4.78 is 14.9. The van der Waals surface area contributed by atoms with Crippen molar-refractivity contribution >= 4 is 17.6 Å². The van der Waals surface area contributed by atoms with Crippen LogP contribution in [0.4, 0.5) is 9.18 Å².